The molecule has 1 aromatic heterocycles. The summed E-state index contributed by atoms with van der Waals surface area (Å²) in [4.78, 5) is 0.902. The molecule has 0 aromatic carbocycles. The Balaban J connectivity index is 1.77. The molecule has 0 unspecified atom stereocenters. The van der Waals surface area contributed by atoms with Crippen molar-refractivity contribution in [3.63, 3.8) is 0 Å². The van der Waals surface area contributed by atoms with Gasteiger partial charge < -0.3 is 5.11 Å². The van der Waals surface area contributed by atoms with Crippen LogP contribution in [-0.4, -0.2) is 26.7 Å². The zero-order chi connectivity index (χ0) is 14.4. The van der Waals surface area contributed by atoms with Crippen molar-refractivity contribution in [1.29, 1.82) is 0 Å². The summed E-state index contributed by atoms with van der Waals surface area (Å²) >= 11 is 1.24. The number of sulfonamides is 1. The summed E-state index contributed by atoms with van der Waals surface area (Å²) in [5, 5.41) is 8.85. The van der Waals surface area contributed by atoms with Crippen LogP contribution in [0, 0.1) is 5.92 Å². The molecule has 1 saturated carbocycles. The lowest BCUT2D eigenvalue weighted by Gasteiger charge is -2.09. The van der Waals surface area contributed by atoms with Gasteiger partial charge in [-0.15, -0.1) is 11.3 Å². The highest BCUT2D eigenvalue weighted by molar-refractivity contribution is 7.91. The third-order valence-corrected chi connectivity index (χ3v) is 6.91. The van der Waals surface area contributed by atoms with Crippen molar-refractivity contribution in [2.75, 3.05) is 13.2 Å². The molecule has 1 aliphatic rings. The molecule has 114 valence electrons. The predicted molar refractivity (Wildman–Crippen MR) is 81.5 cm³/mol. The van der Waals surface area contributed by atoms with Crippen LogP contribution in [0.3, 0.4) is 0 Å². The topological polar surface area (TPSA) is 66.4 Å². The van der Waals surface area contributed by atoms with Crippen molar-refractivity contribution < 1.29 is 13.5 Å². The van der Waals surface area contributed by atoms with Crippen LogP contribution >= 0.6 is 11.3 Å². The Morgan fingerprint density at radius 2 is 2.05 bits per heavy atom. The summed E-state index contributed by atoms with van der Waals surface area (Å²) in [5.74, 6) is 0.803. The first-order chi connectivity index (χ1) is 9.62. The van der Waals surface area contributed by atoms with E-state index >= 15 is 0 Å². The van der Waals surface area contributed by atoms with Gasteiger partial charge in [-0.3, -0.25) is 0 Å². The highest BCUT2D eigenvalue weighted by atomic mass is 32.2. The van der Waals surface area contributed by atoms with E-state index < -0.39 is 10.0 Å². The van der Waals surface area contributed by atoms with Gasteiger partial charge in [0.25, 0.3) is 0 Å². The lowest BCUT2D eigenvalue weighted by Crippen LogP contribution is -2.24. The lowest BCUT2D eigenvalue weighted by molar-refractivity contribution is 0.300. The Hall–Kier alpha value is -0.430. The fourth-order valence-corrected chi connectivity index (χ4v) is 5.18. The number of aliphatic hydroxyl groups is 1. The minimum Gasteiger partial charge on any atom is -0.396 e. The molecule has 6 heteroatoms. The fourth-order valence-electron chi connectivity index (χ4n) is 2.71. The van der Waals surface area contributed by atoms with Gasteiger partial charge in [0.1, 0.15) is 4.21 Å². The van der Waals surface area contributed by atoms with Crippen LogP contribution in [0.25, 0.3) is 0 Å². The molecule has 0 radical (unpaired) electrons. The normalized spacial score (nSPS) is 16.9. The average molecular weight is 317 g/mol. The van der Waals surface area contributed by atoms with Crippen molar-refractivity contribution >= 4 is 21.4 Å². The van der Waals surface area contributed by atoms with E-state index in [2.05, 4.69) is 4.72 Å². The van der Waals surface area contributed by atoms with Crippen LogP contribution in [0.2, 0.25) is 0 Å². The second kappa shape index (κ2) is 7.54. The van der Waals surface area contributed by atoms with Gasteiger partial charge in [-0.25, -0.2) is 13.1 Å². The molecule has 0 saturated heterocycles. The summed E-state index contributed by atoms with van der Waals surface area (Å²) in [6.45, 7) is 0.570. The Morgan fingerprint density at radius 3 is 2.75 bits per heavy atom. The third kappa shape index (κ3) is 4.55. The van der Waals surface area contributed by atoms with Gasteiger partial charge in [0.15, 0.2) is 0 Å². The maximum atomic E-state index is 12.1. The first-order valence-corrected chi connectivity index (χ1v) is 9.61. The first-order valence-electron chi connectivity index (χ1n) is 7.31. The Labute approximate surface area is 125 Å². The smallest absolute Gasteiger partial charge is 0.250 e. The second-order valence-corrected chi connectivity index (χ2v) is 8.55. The summed E-state index contributed by atoms with van der Waals surface area (Å²) in [6, 6.07) is 3.39. The van der Waals surface area contributed by atoms with Crippen LogP contribution in [0.15, 0.2) is 16.3 Å². The van der Waals surface area contributed by atoms with Crippen LogP contribution in [-0.2, 0) is 16.4 Å². The number of thiophene rings is 1. The third-order valence-electron chi connectivity index (χ3n) is 3.82. The molecule has 1 aromatic rings. The molecule has 1 aliphatic carbocycles. The second-order valence-electron chi connectivity index (χ2n) is 5.38. The monoisotopic (exact) mass is 317 g/mol. The zero-order valence-corrected chi connectivity index (χ0v) is 13.3. The number of rotatable bonds is 8. The highest BCUT2D eigenvalue weighted by Gasteiger charge is 2.17. The van der Waals surface area contributed by atoms with E-state index in [1.807, 2.05) is 0 Å². The summed E-state index contributed by atoms with van der Waals surface area (Å²) in [5.41, 5.74) is 0. The summed E-state index contributed by atoms with van der Waals surface area (Å²) in [6.07, 6.45) is 7.84. The van der Waals surface area contributed by atoms with Gasteiger partial charge >= 0.3 is 0 Å². The summed E-state index contributed by atoms with van der Waals surface area (Å²) < 4.78 is 27.2. The van der Waals surface area contributed by atoms with Crippen molar-refractivity contribution in [3.05, 3.63) is 17.0 Å². The standard InChI is InChI=1S/C14H23NO3S2/c16-11-9-13-7-8-14(19-13)20(17,18)15-10-3-6-12-4-1-2-5-12/h7-8,12,15-16H,1-6,9-11H2. The first kappa shape index (κ1) is 15.9. The number of hydrogen-bond acceptors (Lipinski definition) is 4. The number of aliphatic hydroxyl groups excluding tert-OH is 1. The molecule has 1 fully saturated rings. The predicted octanol–water partition coefficient (Wildman–Crippen LogP) is 2.53. The van der Waals surface area contributed by atoms with Crippen molar-refractivity contribution in [2.24, 2.45) is 5.92 Å². The minimum absolute atomic E-state index is 0.0504. The zero-order valence-electron chi connectivity index (χ0n) is 11.7. The van der Waals surface area contributed by atoms with Gasteiger partial charge in [0.05, 0.1) is 0 Å². The average Bonchev–Trinajstić information content (AvgIpc) is 3.06. The molecule has 0 amide bonds. The molecule has 0 atom stereocenters. The maximum absolute atomic E-state index is 12.1. The Kier molecular flexibility index (Phi) is 6.01. The maximum Gasteiger partial charge on any atom is 0.250 e. The quantitative estimate of drug-likeness (QED) is 0.724. The van der Waals surface area contributed by atoms with E-state index in [4.69, 9.17) is 5.11 Å². The van der Waals surface area contributed by atoms with Gasteiger partial charge in [-0.05, 0) is 30.9 Å². The van der Waals surface area contributed by atoms with Crippen molar-refractivity contribution in [2.45, 2.75) is 49.2 Å². The molecule has 1 heterocycles. The molecule has 4 nitrogen and oxygen atoms in total. The van der Waals surface area contributed by atoms with Gasteiger partial charge in [-0.1, -0.05) is 25.7 Å². The molecule has 0 bridgehead atoms. The van der Waals surface area contributed by atoms with E-state index in [0.29, 0.717) is 17.2 Å². The highest BCUT2D eigenvalue weighted by Crippen LogP contribution is 2.28. The van der Waals surface area contributed by atoms with Crippen molar-refractivity contribution in [3.8, 4) is 0 Å². The Bertz CT molecular complexity index is 504. The van der Waals surface area contributed by atoms with Crippen LogP contribution in [0.4, 0.5) is 0 Å². The van der Waals surface area contributed by atoms with Gasteiger partial charge in [0, 0.05) is 24.4 Å². The minimum atomic E-state index is -3.37. The van der Waals surface area contributed by atoms with E-state index in [9.17, 15) is 8.42 Å². The molecular formula is C14H23NO3S2. The fraction of sp³-hybridized carbons (Fsp3) is 0.714. The summed E-state index contributed by atoms with van der Waals surface area (Å²) in [7, 11) is -3.37. The van der Waals surface area contributed by atoms with Gasteiger partial charge in [-0.2, -0.15) is 0 Å². The molecule has 0 spiro atoms. The number of nitrogens with one attached hydrogen (secondary N) is 1. The molecule has 0 aliphatic heterocycles. The SMILES string of the molecule is O=S(=O)(NCCCC1CCCC1)c1ccc(CCO)s1. The van der Waals surface area contributed by atoms with Crippen LogP contribution < -0.4 is 4.72 Å². The van der Waals surface area contributed by atoms with E-state index in [-0.39, 0.29) is 6.61 Å². The molecule has 20 heavy (non-hydrogen) atoms. The van der Waals surface area contributed by atoms with Crippen molar-refractivity contribution in [1.82, 2.24) is 4.72 Å². The lowest BCUT2D eigenvalue weighted by atomic mass is 10.0. The number of hydrogen-bond donors (Lipinski definition) is 2. The molecular weight excluding hydrogens is 294 g/mol. The molecule has 2 N–H and O–H groups in total. The van der Waals surface area contributed by atoms with Gasteiger partial charge in [0.2, 0.25) is 10.0 Å². The van der Waals surface area contributed by atoms with E-state index in [1.165, 1.54) is 37.0 Å². The van der Waals surface area contributed by atoms with E-state index in [1.54, 1.807) is 12.1 Å². The van der Waals surface area contributed by atoms with Crippen LogP contribution in [0.1, 0.15) is 43.4 Å². The Morgan fingerprint density at radius 1 is 1.30 bits per heavy atom. The largest absolute Gasteiger partial charge is 0.396 e. The van der Waals surface area contributed by atoms with E-state index in [0.717, 1.165) is 23.6 Å². The molecule has 2 rings (SSSR count). The van der Waals surface area contributed by atoms with Crippen LogP contribution in [0.5, 0.6) is 0 Å².